The number of amides is 1. The van der Waals surface area contributed by atoms with Gasteiger partial charge in [0.25, 0.3) is 5.91 Å². The molecule has 2 aromatic carbocycles. The van der Waals surface area contributed by atoms with Gasteiger partial charge in [-0.2, -0.15) is 0 Å². The third-order valence-electron chi connectivity index (χ3n) is 7.63. The summed E-state index contributed by atoms with van der Waals surface area (Å²) in [6.07, 6.45) is 7.02. The van der Waals surface area contributed by atoms with E-state index in [1.54, 1.807) is 16.4 Å². The Balaban J connectivity index is 1.56. The molecule has 0 radical (unpaired) electrons. The molecule has 10 heteroatoms. The molecule has 39 heavy (non-hydrogen) atoms. The Kier molecular flexibility index (Phi) is 10.8. The van der Waals surface area contributed by atoms with Crippen molar-refractivity contribution in [3.63, 3.8) is 0 Å². The molecule has 1 heterocycles. The van der Waals surface area contributed by atoms with Crippen molar-refractivity contribution in [1.82, 2.24) is 10.6 Å². The minimum Gasteiger partial charge on any atom is -0.390 e. The van der Waals surface area contributed by atoms with Crippen LogP contribution in [0.2, 0.25) is 5.02 Å². The number of nitrogens with one attached hydrogen (secondary N) is 3. The van der Waals surface area contributed by atoms with Crippen molar-refractivity contribution >= 4 is 39.7 Å². The van der Waals surface area contributed by atoms with Gasteiger partial charge in [0.15, 0.2) is 0 Å². The number of aliphatic hydroxyl groups is 1. The Hall–Kier alpha value is -2.01. The maximum absolute atomic E-state index is 13.7. The average molecular weight is 579 g/mol. The molecule has 1 saturated carbocycles. The Morgan fingerprint density at radius 2 is 1.87 bits per heavy atom. The highest BCUT2D eigenvalue weighted by Gasteiger charge is 2.29. The van der Waals surface area contributed by atoms with E-state index in [0.29, 0.717) is 54.1 Å². The summed E-state index contributed by atoms with van der Waals surface area (Å²) in [5, 5.41) is 21.7. The number of hydrogen-bond donors (Lipinski definition) is 6. The first-order chi connectivity index (χ1) is 18.8. The monoisotopic (exact) mass is 578 g/mol. The minimum atomic E-state index is -2.94. The summed E-state index contributed by atoms with van der Waals surface area (Å²) >= 11 is 6.45. The van der Waals surface area contributed by atoms with E-state index in [1.165, 1.54) is 19.3 Å². The summed E-state index contributed by atoms with van der Waals surface area (Å²) in [5.74, 6) is -0.0154. The molecule has 216 valence electrons. The van der Waals surface area contributed by atoms with E-state index in [1.807, 2.05) is 37.3 Å². The fourth-order valence-electron chi connectivity index (χ4n) is 5.47. The molecule has 0 bridgehead atoms. The lowest BCUT2D eigenvalue weighted by molar-refractivity contribution is 0.0821. The van der Waals surface area contributed by atoms with Gasteiger partial charge in [-0.15, -0.1) is 10.8 Å². The topological polar surface area (TPSA) is 117 Å². The van der Waals surface area contributed by atoms with E-state index in [4.69, 9.17) is 11.6 Å². The van der Waals surface area contributed by atoms with Crippen LogP contribution in [0.25, 0.3) is 0 Å². The first-order valence-corrected chi connectivity index (χ1v) is 16.2. The number of rotatable bonds is 11. The Labute approximate surface area is 239 Å². The molecule has 0 spiro atoms. The van der Waals surface area contributed by atoms with E-state index < -0.39 is 22.9 Å². The lowest BCUT2D eigenvalue weighted by atomic mass is 9.94. The van der Waals surface area contributed by atoms with Gasteiger partial charge in [-0.3, -0.25) is 18.2 Å². The van der Waals surface area contributed by atoms with Gasteiger partial charge in [0.1, 0.15) is 0 Å². The van der Waals surface area contributed by atoms with E-state index in [0.717, 1.165) is 36.9 Å². The second kappa shape index (κ2) is 14.1. The predicted octanol–water partition coefficient (Wildman–Crippen LogP) is 5.66. The SMILES string of the molecule is CCNc1cc(C(=O)NC(Cc2ccccc2Cl)C(O)CNC2CCCCC2)cc(N2CCCCS2(O)O)c1. The molecule has 8 nitrogen and oxygen atoms in total. The molecule has 0 aromatic heterocycles. The molecule has 2 aliphatic rings. The van der Waals surface area contributed by atoms with Crippen LogP contribution in [0.1, 0.15) is 67.8 Å². The second-order valence-corrected chi connectivity index (χ2v) is 13.2. The molecule has 2 aromatic rings. The fraction of sp³-hybridized carbons (Fsp3) is 0.552. The zero-order valence-electron chi connectivity index (χ0n) is 22.7. The molecule has 2 fully saturated rings. The van der Waals surface area contributed by atoms with Crippen molar-refractivity contribution in [1.29, 1.82) is 0 Å². The highest BCUT2D eigenvalue weighted by molar-refractivity contribution is 8.25. The fourth-order valence-corrected chi connectivity index (χ4v) is 7.36. The van der Waals surface area contributed by atoms with Crippen LogP contribution in [0.3, 0.4) is 0 Å². The molecule has 4 rings (SSSR count). The summed E-state index contributed by atoms with van der Waals surface area (Å²) in [6, 6.07) is 12.6. The first-order valence-electron chi connectivity index (χ1n) is 14.1. The van der Waals surface area contributed by atoms with E-state index in [-0.39, 0.29) is 5.91 Å². The van der Waals surface area contributed by atoms with Crippen LogP contribution in [-0.4, -0.2) is 63.7 Å². The molecule has 1 aliphatic carbocycles. The van der Waals surface area contributed by atoms with Crippen molar-refractivity contribution in [3.8, 4) is 0 Å². The van der Waals surface area contributed by atoms with Gasteiger partial charge in [0, 0.05) is 41.9 Å². The van der Waals surface area contributed by atoms with Crippen LogP contribution in [0, 0.1) is 0 Å². The standard InChI is InChI=1S/C29H43ClN4O4S/c1-2-31-24-16-22(17-25(19-24)34-14-8-9-15-39(34,37)38)29(36)33-27(18-21-10-6-7-13-26(21)30)28(35)20-32-23-11-4-3-5-12-23/h6-7,10,13,16-17,19,23,27-28,31-32,35,37-38H,2-5,8-9,11-12,14-15,18,20H2,1H3,(H,33,36). The van der Waals surface area contributed by atoms with E-state index in [2.05, 4.69) is 16.0 Å². The largest absolute Gasteiger partial charge is 0.390 e. The zero-order valence-corrected chi connectivity index (χ0v) is 24.3. The van der Waals surface area contributed by atoms with Gasteiger partial charge in [0.2, 0.25) is 0 Å². The van der Waals surface area contributed by atoms with Gasteiger partial charge in [0.05, 0.1) is 23.6 Å². The van der Waals surface area contributed by atoms with Crippen molar-refractivity contribution in [2.75, 3.05) is 35.0 Å². The number of carbonyl (C=O) groups excluding carboxylic acids is 1. The van der Waals surface area contributed by atoms with Crippen LogP contribution >= 0.6 is 22.4 Å². The van der Waals surface area contributed by atoms with Gasteiger partial charge >= 0.3 is 0 Å². The number of anilines is 2. The smallest absolute Gasteiger partial charge is 0.251 e. The number of benzene rings is 2. The highest BCUT2D eigenvalue weighted by Crippen LogP contribution is 2.50. The quantitative estimate of drug-likeness (QED) is 0.204. The maximum atomic E-state index is 13.7. The number of aliphatic hydroxyl groups excluding tert-OH is 1. The van der Waals surface area contributed by atoms with Crippen molar-refractivity contribution < 1.29 is 19.0 Å². The predicted molar refractivity (Wildman–Crippen MR) is 162 cm³/mol. The Morgan fingerprint density at radius 3 is 2.59 bits per heavy atom. The number of carbonyl (C=O) groups is 1. The molecule has 6 N–H and O–H groups in total. The third-order valence-corrected chi connectivity index (χ3v) is 9.94. The van der Waals surface area contributed by atoms with Crippen molar-refractivity contribution in [3.05, 3.63) is 58.6 Å². The summed E-state index contributed by atoms with van der Waals surface area (Å²) < 4.78 is 23.0. The number of hydrogen-bond acceptors (Lipinski definition) is 7. The Morgan fingerprint density at radius 1 is 1.10 bits per heavy atom. The lowest BCUT2D eigenvalue weighted by Gasteiger charge is -2.47. The average Bonchev–Trinajstić information content (AvgIpc) is 2.92. The molecule has 2 unspecified atom stereocenters. The van der Waals surface area contributed by atoms with Crippen LogP contribution in [-0.2, 0) is 6.42 Å². The van der Waals surface area contributed by atoms with Gasteiger partial charge < -0.3 is 21.1 Å². The summed E-state index contributed by atoms with van der Waals surface area (Å²) in [7, 11) is -2.94. The molecule has 1 saturated heterocycles. The van der Waals surface area contributed by atoms with E-state index in [9.17, 15) is 19.0 Å². The maximum Gasteiger partial charge on any atom is 0.251 e. The molecular formula is C29H43ClN4O4S. The van der Waals surface area contributed by atoms with Crippen molar-refractivity contribution in [2.45, 2.75) is 76.5 Å². The minimum absolute atomic E-state index is 0.320. The number of nitrogens with zero attached hydrogens (tertiary/aromatic N) is 1. The number of halogens is 1. The zero-order chi connectivity index (χ0) is 27.8. The highest BCUT2D eigenvalue weighted by atomic mass is 35.5. The van der Waals surface area contributed by atoms with Crippen molar-refractivity contribution in [2.24, 2.45) is 0 Å². The van der Waals surface area contributed by atoms with Crippen LogP contribution < -0.4 is 20.3 Å². The third kappa shape index (κ3) is 8.25. The van der Waals surface area contributed by atoms with Crippen LogP contribution in [0.4, 0.5) is 11.4 Å². The normalized spacial score (nSPS) is 20.2. The summed E-state index contributed by atoms with van der Waals surface area (Å²) in [4.78, 5) is 13.7. The first kappa shape index (κ1) is 30.0. The summed E-state index contributed by atoms with van der Waals surface area (Å²) in [5.41, 5.74) is 2.56. The van der Waals surface area contributed by atoms with Crippen LogP contribution in [0.15, 0.2) is 42.5 Å². The lowest BCUT2D eigenvalue weighted by Crippen LogP contribution is -2.50. The Bertz CT molecular complexity index is 1100. The van der Waals surface area contributed by atoms with Crippen LogP contribution in [0.5, 0.6) is 0 Å². The summed E-state index contributed by atoms with van der Waals surface area (Å²) in [6.45, 7) is 3.51. The van der Waals surface area contributed by atoms with E-state index >= 15 is 0 Å². The van der Waals surface area contributed by atoms with Gasteiger partial charge in [-0.25, -0.2) is 0 Å². The molecule has 2 atom stereocenters. The molecule has 1 aliphatic heterocycles. The van der Waals surface area contributed by atoms with Gasteiger partial charge in [-0.1, -0.05) is 49.1 Å². The second-order valence-electron chi connectivity index (χ2n) is 10.6. The van der Waals surface area contributed by atoms with Gasteiger partial charge in [-0.05, 0) is 68.9 Å². The molecular weight excluding hydrogens is 536 g/mol. The molecule has 1 amide bonds.